The molecule has 2 N–H and O–H groups in total. The maximum Gasteiger partial charge on any atom is 0.348 e. The van der Waals surface area contributed by atoms with E-state index in [0.717, 1.165) is 5.56 Å². The molecule has 0 atom stereocenters. The third-order valence-corrected chi connectivity index (χ3v) is 3.00. The lowest BCUT2D eigenvalue weighted by atomic mass is 10.2. The summed E-state index contributed by atoms with van der Waals surface area (Å²) in [6.07, 6.45) is 0. The number of hydrogen-bond acceptors (Lipinski definition) is 4. The van der Waals surface area contributed by atoms with Crippen LogP contribution >= 0.6 is 22.9 Å². The van der Waals surface area contributed by atoms with Crippen molar-refractivity contribution in [1.82, 2.24) is 0 Å². The molecule has 0 amide bonds. The highest BCUT2D eigenvalue weighted by molar-refractivity contribution is 7.18. The number of ether oxygens (including phenoxy) is 1. The van der Waals surface area contributed by atoms with Gasteiger partial charge in [0, 0.05) is 6.54 Å². The van der Waals surface area contributed by atoms with Crippen LogP contribution in [-0.4, -0.2) is 11.6 Å². The first-order chi connectivity index (χ1) is 6.83. The van der Waals surface area contributed by atoms with Crippen molar-refractivity contribution in [2.24, 2.45) is 5.73 Å². The Morgan fingerprint density at radius 2 is 2.20 bits per heavy atom. The van der Waals surface area contributed by atoms with Crippen LogP contribution in [0.5, 0.6) is 0 Å². The molecule has 0 bridgehead atoms. The number of hydrogen-bond donors (Lipinski definition) is 1. The summed E-state index contributed by atoms with van der Waals surface area (Å²) < 4.78 is 5.76. The summed E-state index contributed by atoms with van der Waals surface area (Å²) in [5.74, 6) is -0.353. The van der Waals surface area contributed by atoms with Gasteiger partial charge in [-0.3, -0.25) is 0 Å². The van der Waals surface area contributed by atoms with Crippen molar-refractivity contribution in [2.45, 2.75) is 32.9 Å². The van der Waals surface area contributed by atoms with Crippen molar-refractivity contribution in [3.8, 4) is 0 Å². The molecule has 84 valence electrons. The molecule has 0 aliphatic rings. The summed E-state index contributed by atoms with van der Waals surface area (Å²) in [5, 5.41) is 0. The van der Waals surface area contributed by atoms with Crippen molar-refractivity contribution in [3.05, 3.63) is 20.8 Å². The number of carbonyl (C=O) groups excluding carboxylic acids is 1. The van der Waals surface area contributed by atoms with Gasteiger partial charge < -0.3 is 10.5 Å². The molecule has 0 unspecified atom stereocenters. The molecule has 1 aromatic heterocycles. The third-order valence-electron chi connectivity index (χ3n) is 1.58. The van der Waals surface area contributed by atoms with Crippen LogP contribution in [-0.2, 0) is 11.3 Å². The molecule has 0 radical (unpaired) electrons. The Morgan fingerprint density at radius 1 is 1.60 bits per heavy atom. The topological polar surface area (TPSA) is 52.3 Å². The van der Waals surface area contributed by atoms with Gasteiger partial charge in [0.05, 0.1) is 4.34 Å². The van der Waals surface area contributed by atoms with Crippen molar-refractivity contribution in [1.29, 1.82) is 0 Å². The van der Waals surface area contributed by atoms with Crippen LogP contribution in [0.4, 0.5) is 0 Å². The van der Waals surface area contributed by atoms with Crippen LogP contribution in [0.15, 0.2) is 6.07 Å². The van der Waals surface area contributed by atoms with Crippen LogP contribution in [0.2, 0.25) is 4.34 Å². The van der Waals surface area contributed by atoms with Crippen LogP contribution < -0.4 is 5.73 Å². The standard InChI is InChI=1S/C10H14ClNO2S/c1-10(2,3)14-9(13)7-4-6(5-12)8(11)15-7/h4H,5,12H2,1-3H3. The second-order valence-electron chi connectivity index (χ2n) is 4.12. The Bertz CT molecular complexity index is 368. The fraction of sp³-hybridized carbons (Fsp3) is 0.500. The van der Waals surface area contributed by atoms with Gasteiger partial charge >= 0.3 is 5.97 Å². The van der Waals surface area contributed by atoms with E-state index >= 15 is 0 Å². The molecule has 0 saturated carbocycles. The normalized spacial score (nSPS) is 11.5. The number of thiophene rings is 1. The highest BCUT2D eigenvalue weighted by Crippen LogP contribution is 2.28. The molecule has 1 heterocycles. The Balaban J connectivity index is 2.83. The van der Waals surface area contributed by atoms with Crippen molar-refractivity contribution in [3.63, 3.8) is 0 Å². The van der Waals surface area contributed by atoms with Crippen molar-refractivity contribution < 1.29 is 9.53 Å². The predicted octanol–water partition coefficient (Wildman–Crippen LogP) is 2.82. The van der Waals surface area contributed by atoms with E-state index in [-0.39, 0.29) is 5.97 Å². The van der Waals surface area contributed by atoms with Crippen LogP contribution in [0.1, 0.15) is 36.0 Å². The number of carbonyl (C=O) groups is 1. The molecule has 5 heteroatoms. The molecular weight excluding hydrogens is 234 g/mol. The molecule has 0 fully saturated rings. The highest BCUT2D eigenvalue weighted by atomic mass is 35.5. The second kappa shape index (κ2) is 4.51. The summed E-state index contributed by atoms with van der Waals surface area (Å²) >= 11 is 7.09. The Labute approximate surface area is 98.2 Å². The van der Waals surface area contributed by atoms with Gasteiger partial charge in [-0.2, -0.15) is 0 Å². The smallest absolute Gasteiger partial charge is 0.348 e. The number of halogens is 1. The monoisotopic (exact) mass is 247 g/mol. The molecule has 3 nitrogen and oxygen atoms in total. The van der Waals surface area contributed by atoms with Crippen LogP contribution in [0.3, 0.4) is 0 Å². The van der Waals surface area contributed by atoms with Gasteiger partial charge in [0.1, 0.15) is 10.5 Å². The first-order valence-electron chi connectivity index (χ1n) is 4.55. The van der Waals surface area contributed by atoms with E-state index in [1.54, 1.807) is 6.07 Å². The van der Waals surface area contributed by atoms with E-state index in [4.69, 9.17) is 22.1 Å². The molecule has 0 aliphatic carbocycles. The third kappa shape index (κ3) is 3.48. The summed E-state index contributed by atoms with van der Waals surface area (Å²) in [5.41, 5.74) is 5.75. The maximum atomic E-state index is 11.6. The lowest BCUT2D eigenvalue weighted by Crippen LogP contribution is -2.23. The van der Waals surface area contributed by atoms with E-state index in [2.05, 4.69) is 0 Å². The quantitative estimate of drug-likeness (QED) is 0.818. The van der Waals surface area contributed by atoms with Gasteiger partial charge in [-0.1, -0.05) is 11.6 Å². The maximum absolute atomic E-state index is 11.6. The van der Waals surface area contributed by atoms with E-state index < -0.39 is 5.60 Å². The number of rotatable bonds is 2. The van der Waals surface area contributed by atoms with E-state index in [1.165, 1.54) is 11.3 Å². The van der Waals surface area contributed by atoms with E-state index in [9.17, 15) is 4.79 Å². The highest BCUT2D eigenvalue weighted by Gasteiger charge is 2.20. The van der Waals surface area contributed by atoms with Gasteiger partial charge in [-0.25, -0.2) is 4.79 Å². The van der Waals surface area contributed by atoms with Crippen LogP contribution in [0, 0.1) is 0 Å². The molecule has 1 aromatic rings. The zero-order chi connectivity index (χ0) is 11.6. The van der Waals surface area contributed by atoms with E-state index in [0.29, 0.717) is 15.8 Å². The van der Waals surface area contributed by atoms with Gasteiger partial charge in [0.2, 0.25) is 0 Å². The fourth-order valence-electron chi connectivity index (χ4n) is 0.975. The van der Waals surface area contributed by atoms with Crippen molar-refractivity contribution >= 4 is 28.9 Å². The summed E-state index contributed by atoms with van der Waals surface area (Å²) in [6, 6.07) is 1.68. The molecular formula is C10H14ClNO2S. The van der Waals surface area contributed by atoms with Crippen LogP contribution in [0.25, 0.3) is 0 Å². The van der Waals surface area contributed by atoms with Crippen molar-refractivity contribution in [2.75, 3.05) is 0 Å². The predicted molar refractivity (Wildman–Crippen MR) is 62.4 cm³/mol. The Kier molecular flexibility index (Phi) is 3.76. The minimum atomic E-state index is -0.490. The Morgan fingerprint density at radius 3 is 2.60 bits per heavy atom. The zero-order valence-corrected chi connectivity index (χ0v) is 10.5. The average Bonchev–Trinajstić information content (AvgIpc) is 2.43. The minimum Gasteiger partial charge on any atom is -0.456 e. The lowest BCUT2D eigenvalue weighted by Gasteiger charge is -2.18. The van der Waals surface area contributed by atoms with Gasteiger partial charge in [-0.15, -0.1) is 11.3 Å². The Hall–Kier alpha value is -0.580. The molecule has 0 aromatic carbocycles. The molecule has 1 rings (SSSR count). The SMILES string of the molecule is CC(C)(C)OC(=O)c1cc(CN)c(Cl)s1. The summed E-state index contributed by atoms with van der Waals surface area (Å²) in [4.78, 5) is 12.1. The lowest BCUT2D eigenvalue weighted by molar-refractivity contribution is 0.00752. The minimum absolute atomic E-state index is 0.331. The van der Waals surface area contributed by atoms with E-state index in [1.807, 2.05) is 20.8 Å². The second-order valence-corrected chi connectivity index (χ2v) is 5.77. The summed E-state index contributed by atoms with van der Waals surface area (Å²) in [6.45, 7) is 5.80. The molecule has 0 spiro atoms. The first-order valence-corrected chi connectivity index (χ1v) is 5.74. The first kappa shape index (κ1) is 12.5. The average molecular weight is 248 g/mol. The molecule has 15 heavy (non-hydrogen) atoms. The molecule has 0 aliphatic heterocycles. The number of esters is 1. The largest absolute Gasteiger partial charge is 0.456 e. The van der Waals surface area contributed by atoms with Gasteiger partial charge in [0.25, 0.3) is 0 Å². The number of nitrogens with two attached hydrogens (primary N) is 1. The van der Waals surface area contributed by atoms with Gasteiger partial charge in [-0.05, 0) is 32.4 Å². The zero-order valence-electron chi connectivity index (χ0n) is 8.96. The van der Waals surface area contributed by atoms with Gasteiger partial charge in [0.15, 0.2) is 0 Å². The molecule has 0 saturated heterocycles. The summed E-state index contributed by atoms with van der Waals surface area (Å²) in [7, 11) is 0. The fourth-order valence-corrected chi connectivity index (χ4v) is 2.15.